The summed E-state index contributed by atoms with van der Waals surface area (Å²) >= 11 is 0. The van der Waals surface area contributed by atoms with Crippen LogP contribution in [0.15, 0.2) is 23.1 Å². The number of hydrogen-bond acceptors (Lipinski definition) is 4. The molecule has 1 heterocycles. The largest absolute Gasteiger partial charge is 0.379 e. The third-order valence-electron chi connectivity index (χ3n) is 3.05. The smallest absolute Gasteiger partial charge is 0.261 e. The Morgan fingerprint density at radius 3 is 2.70 bits per heavy atom. The van der Waals surface area contributed by atoms with E-state index in [4.69, 9.17) is 15.4 Å². The molecule has 0 radical (unpaired) electrons. The first-order valence-corrected chi connectivity index (χ1v) is 8.16. The second kappa shape index (κ2) is 5.31. The standard InChI is InChI=1S/C12H13ClFNO4S/c1-12(2-3-19-7-12)15-11(16)8-4-9(14)6-10(5-8)20(13,17)18/h4-6H,2-3,7H2,1H3,(H,15,16). The van der Waals surface area contributed by atoms with Crippen LogP contribution in [0.25, 0.3) is 0 Å². The van der Waals surface area contributed by atoms with Gasteiger partial charge in [-0.05, 0) is 31.5 Å². The van der Waals surface area contributed by atoms with Crippen molar-refractivity contribution in [3.8, 4) is 0 Å². The van der Waals surface area contributed by atoms with Crippen LogP contribution in [0.5, 0.6) is 0 Å². The third kappa shape index (κ3) is 3.47. The molecule has 2 rings (SSSR count). The van der Waals surface area contributed by atoms with Gasteiger partial charge in [-0.3, -0.25) is 4.79 Å². The third-order valence-corrected chi connectivity index (χ3v) is 4.38. The molecule has 1 unspecified atom stereocenters. The quantitative estimate of drug-likeness (QED) is 0.859. The number of carbonyl (C=O) groups is 1. The van der Waals surface area contributed by atoms with Crippen molar-refractivity contribution in [1.29, 1.82) is 0 Å². The van der Waals surface area contributed by atoms with Gasteiger partial charge in [0.05, 0.1) is 17.0 Å². The van der Waals surface area contributed by atoms with Gasteiger partial charge in [0, 0.05) is 22.9 Å². The number of benzene rings is 1. The maximum atomic E-state index is 13.4. The topological polar surface area (TPSA) is 72.5 Å². The summed E-state index contributed by atoms with van der Waals surface area (Å²) in [5.41, 5.74) is -0.638. The van der Waals surface area contributed by atoms with E-state index in [0.717, 1.165) is 18.2 Å². The molecule has 0 aliphatic carbocycles. The van der Waals surface area contributed by atoms with Gasteiger partial charge >= 0.3 is 0 Å². The molecule has 0 aromatic heterocycles. The highest BCUT2D eigenvalue weighted by atomic mass is 35.7. The molecule has 8 heteroatoms. The van der Waals surface area contributed by atoms with Crippen LogP contribution in [0.1, 0.15) is 23.7 Å². The van der Waals surface area contributed by atoms with E-state index >= 15 is 0 Å². The van der Waals surface area contributed by atoms with Gasteiger partial charge in [-0.25, -0.2) is 12.8 Å². The first-order valence-electron chi connectivity index (χ1n) is 5.85. The highest BCUT2D eigenvalue weighted by molar-refractivity contribution is 8.13. The van der Waals surface area contributed by atoms with E-state index in [1.54, 1.807) is 6.92 Å². The van der Waals surface area contributed by atoms with Crippen LogP contribution in [-0.2, 0) is 13.8 Å². The number of hydrogen-bond donors (Lipinski definition) is 1. The highest BCUT2D eigenvalue weighted by Crippen LogP contribution is 2.21. The maximum Gasteiger partial charge on any atom is 0.261 e. The lowest BCUT2D eigenvalue weighted by Gasteiger charge is -2.23. The van der Waals surface area contributed by atoms with Gasteiger partial charge in [-0.15, -0.1) is 0 Å². The van der Waals surface area contributed by atoms with Crippen molar-refractivity contribution in [1.82, 2.24) is 5.32 Å². The van der Waals surface area contributed by atoms with Crippen LogP contribution < -0.4 is 5.32 Å². The number of ether oxygens (including phenoxy) is 1. The van der Waals surface area contributed by atoms with Gasteiger partial charge < -0.3 is 10.1 Å². The second-order valence-corrected chi connectivity index (χ2v) is 7.50. The van der Waals surface area contributed by atoms with E-state index in [9.17, 15) is 17.6 Å². The minimum absolute atomic E-state index is 0.0997. The first-order chi connectivity index (χ1) is 9.20. The molecule has 0 bridgehead atoms. The summed E-state index contributed by atoms with van der Waals surface area (Å²) in [6.45, 7) is 2.69. The Kier molecular flexibility index (Phi) is 4.04. The molecule has 1 fully saturated rings. The average Bonchev–Trinajstić information content (AvgIpc) is 2.73. The van der Waals surface area contributed by atoms with E-state index in [1.165, 1.54) is 0 Å². The van der Waals surface area contributed by atoms with E-state index in [1.807, 2.05) is 0 Å². The van der Waals surface area contributed by atoms with Gasteiger partial charge in [0.1, 0.15) is 5.82 Å². The van der Waals surface area contributed by atoms with Crippen molar-refractivity contribution in [2.45, 2.75) is 23.8 Å². The highest BCUT2D eigenvalue weighted by Gasteiger charge is 2.31. The lowest BCUT2D eigenvalue weighted by atomic mass is 10.0. The van der Waals surface area contributed by atoms with E-state index in [0.29, 0.717) is 19.6 Å². The number of rotatable bonds is 3. The molecule has 110 valence electrons. The Morgan fingerprint density at radius 2 is 2.15 bits per heavy atom. The van der Waals surface area contributed by atoms with E-state index in [-0.39, 0.29) is 5.56 Å². The Morgan fingerprint density at radius 1 is 1.45 bits per heavy atom. The zero-order valence-corrected chi connectivity index (χ0v) is 12.2. The van der Waals surface area contributed by atoms with E-state index in [2.05, 4.69) is 5.32 Å². The van der Waals surface area contributed by atoms with Crippen molar-refractivity contribution in [2.24, 2.45) is 0 Å². The van der Waals surface area contributed by atoms with Gasteiger partial charge in [0.2, 0.25) is 0 Å². The minimum Gasteiger partial charge on any atom is -0.379 e. The fraction of sp³-hybridized carbons (Fsp3) is 0.417. The van der Waals surface area contributed by atoms with Crippen LogP contribution >= 0.6 is 10.7 Å². The molecule has 1 atom stereocenters. The number of amides is 1. The monoisotopic (exact) mass is 321 g/mol. The van der Waals surface area contributed by atoms with Crippen molar-refractivity contribution >= 4 is 25.6 Å². The number of carbonyl (C=O) groups excluding carboxylic acids is 1. The van der Waals surface area contributed by atoms with Crippen molar-refractivity contribution < 1.29 is 22.3 Å². The summed E-state index contributed by atoms with van der Waals surface area (Å²) in [4.78, 5) is 11.6. The zero-order chi connectivity index (χ0) is 15.0. The lowest BCUT2D eigenvalue weighted by Crippen LogP contribution is -2.46. The molecule has 0 spiro atoms. The predicted octanol–water partition coefficient (Wildman–Crippen LogP) is 1.66. The zero-order valence-electron chi connectivity index (χ0n) is 10.7. The summed E-state index contributed by atoms with van der Waals surface area (Å²) < 4.78 is 41.0. The average molecular weight is 322 g/mol. The van der Waals surface area contributed by atoms with Crippen LogP contribution in [0.2, 0.25) is 0 Å². The van der Waals surface area contributed by atoms with Crippen LogP contribution in [-0.4, -0.2) is 33.1 Å². The summed E-state index contributed by atoms with van der Waals surface area (Å²) in [5.74, 6) is -1.41. The molecule has 1 aromatic carbocycles. The molecule has 20 heavy (non-hydrogen) atoms. The molecule has 1 aliphatic heterocycles. The molecule has 1 N–H and O–H groups in total. The molecule has 1 aromatic rings. The summed E-state index contributed by atoms with van der Waals surface area (Å²) in [6.07, 6.45) is 0.634. The lowest BCUT2D eigenvalue weighted by molar-refractivity contribution is 0.0889. The molecule has 1 amide bonds. The van der Waals surface area contributed by atoms with Crippen LogP contribution in [0, 0.1) is 5.82 Å². The van der Waals surface area contributed by atoms with Gasteiger partial charge in [0.25, 0.3) is 15.0 Å². The van der Waals surface area contributed by atoms with E-state index < -0.39 is 31.2 Å². The maximum absolute atomic E-state index is 13.4. The van der Waals surface area contributed by atoms with Crippen LogP contribution in [0.4, 0.5) is 4.39 Å². The Bertz CT molecular complexity index is 641. The Labute approximate surface area is 120 Å². The molecule has 1 saturated heterocycles. The Hall–Kier alpha value is -1.18. The molecule has 5 nitrogen and oxygen atoms in total. The van der Waals surface area contributed by atoms with Gasteiger partial charge in [-0.1, -0.05) is 0 Å². The molecular weight excluding hydrogens is 309 g/mol. The molecule has 1 aliphatic rings. The van der Waals surface area contributed by atoms with Gasteiger partial charge in [-0.2, -0.15) is 0 Å². The number of nitrogens with one attached hydrogen (secondary N) is 1. The van der Waals surface area contributed by atoms with Gasteiger partial charge in [0.15, 0.2) is 0 Å². The van der Waals surface area contributed by atoms with Crippen LogP contribution in [0.3, 0.4) is 0 Å². The van der Waals surface area contributed by atoms with Crippen molar-refractivity contribution in [3.63, 3.8) is 0 Å². The predicted molar refractivity (Wildman–Crippen MR) is 70.7 cm³/mol. The molecule has 0 saturated carbocycles. The minimum atomic E-state index is -4.10. The Balaban J connectivity index is 2.28. The number of halogens is 2. The molecular formula is C12H13ClFNO4S. The summed E-state index contributed by atoms with van der Waals surface area (Å²) in [5, 5.41) is 2.71. The first kappa shape index (κ1) is 15.2. The SMILES string of the molecule is CC1(NC(=O)c2cc(F)cc(S(=O)(=O)Cl)c2)CCOC1. The fourth-order valence-corrected chi connectivity index (χ4v) is 2.73. The normalized spacial score (nSPS) is 22.8. The van der Waals surface area contributed by atoms with Crippen molar-refractivity contribution in [2.75, 3.05) is 13.2 Å². The summed E-state index contributed by atoms with van der Waals surface area (Å²) in [6, 6.07) is 2.76. The second-order valence-electron chi connectivity index (χ2n) is 4.93. The van der Waals surface area contributed by atoms with Crippen molar-refractivity contribution in [3.05, 3.63) is 29.6 Å². The summed E-state index contributed by atoms with van der Waals surface area (Å²) in [7, 11) is 1.06. The fourth-order valence-electron chi connectivity index (χ4n) is 1.95.